The van der Waals surface area contributed by atoms with Crippen LogP contribution in [0.25, 0.3) is 0 Å². The molecule has 0 fully saturated rings. The Morgan fingerprint density at radius 1 is 1.06 bits per heavy atom. The zero-order chi connectivity index (χ0) is 12.2. The minimum Gasteiger partial charge on any atom is -0.286 e. The third kappa shape index (κ3) is 3.74. The molecule has 16 heavy (non-hydrogen) atoms. The SMILES string of the molecule is CC(C)(C)[Si](C)(C)OOCc1ccccc1. The molecule has 1 rings (SSSR count). The van der Waals surface area contributed by atoms with Gasteiger partial charge >= 0.3 is 0 Å². The fourth-order valence-corrected chi connectivity index (χ4v) is 1.55. The summed E-state index contributed by atoms with van der Waals surface area (Å²) in [5.74, 6) is 0. The van der Waals surface area contributed by atoms with Crippen LogP contribution in [-0.2, 0) is 16.1 Å². The highest BCUT2D eigenvalue weighted by Crippen LogP contribution is 2.36. The molecule has 0 heterocycles. The van der Waals surface area contributed by atoms with E-state index in [9.17, 15) is 0 Å². The van der Waals surface area contributed by atoms with Gasteiger partial charge in [0.05, 0.1) is 0 Å². The van der Waals surface area contributed by atoms with E-state index in [1.54, 1.807) is 0 Å². The molecular weight excluding hydrogens is 216 g/mol. The summed E-state index contributed by atoms with van der Waals surface area (Å²) in [5, 5.41) is 0.184. The molecule has 3 heteroatoms. The van der Waals surface area contributed by atoms with E-state index in [4.69, 9.17) is 9.46 Å². The first-order valence-corrected chi connectivity index (χ1v) is 8.58. The molecule has 0 N–H and O–H groups in total. The Hall–Kier alpha value is -0.643. The summed E-state index contributed by atoms with van der Waals surface area (Å²) in [6.45, 7) is 11.5. The van der Waals surface area contributed by atoms with Crippen LogP contribution in [-0.4, -0.2) is 8.32 Å². The van der Waals surface area contributed by atoms with Crippen molar-refractivity contribution in [2.24, 2.45) is 0 Å². The van der Waals surface area contributed by atoms with E-state index in [1.165, 1.54) is 0 Å². The molecule has 0 bridgehead atoms. The molecule has 1 aromatic carbocycles. The quantitative estimate of drug-likeness (QED) is 0.446. The normalized spacial score (nSPS) is 12.8. The van der Waals surface area contributed by atoms with Crippen molar-refractivity contribution in [3.63, 3.8) is 0 Å². The first-order chi connectivity index (χ1) is 7.33. The van der Waals surface area contributed by atoms with Gasteiger partial charge in [0.25, 0.3) is 0 Å². The molecule has 0 saturated heterocycles. The molecule has 2 nitrogen and oxygen atoms in total. The Morgan fingerprint density at radius 2 is 1.62 bits per heavy atom. The van der Waals surface area contributed by atoms with Gasteiger partial charge in [0, 0.05) is 0 Å². The summed E-state index contributed by atoms with van der Waals surface area (Å²) in [4.78, 5) is 5.37. The van der Waals surface area contributed by atoms with Crippen LogP contribution in [0.2, 0.25) is 18.1 Å². The third-order valence-corrected chi connectivity index (χ3v) is 7.29. The summed E-state index contributed by atoms with van der Waals surface area (Å²) in [6, 6.07) is 10.1. The second-order valence-corrected chi connectivity index (χ2v) is 10.3. The van der Waals surface area contributed by atoms with E-state index in [1.807, 2.05) is 30.3 Å². The van der Waals surface area contributed by atoms with Crippen molar-refractivity contribution >= 4 is 8.32 Å². The second-order valence-electron chi connectivity index (χ2n) is 5.59. The van der Waals surface area contributed by atoms with E-state index in [0.29, 0.717) is 6.61 Å². The lowest BCUT2D eigenvalue weighted by Crippen LogP contribution is -2.40. The summed E-state index contributed by atoms with van der Waals surface area (Å²) >= 11 is 0. The fraction of sp³-hybridized carbons (Fsp3) is 0.538. The maximum atomic E-state index is 5.64. The van der Waals surface area contributed by atoms with Gasteiger partial charge in [0.1, 0.15) is 6.61 Å². The highest BCUT2D eigenvalue weighted by molar-refractivity contribution is 6.73. The van der Waals surface area contributed by atoms with Gasteiger partial charge in [-0.25, -0.2) is 4.89 Å². The van der Waals surface area contributed by atoms with Crippen molar-refractivity contribution in [1.82, 2.24) is 0 Å². The molecule has 0 radical (unpaired) electrons. The lowest BCUT2D eigenvalue weighted by molar-refractivity contribution is -0.231. The Labute approximate surface area is 99.6 Å². The number of rotatable bonds is 4. The minimum atomic E-state index is -1.78. The van der Waals surface area contributed by atoms with Crippen LogP contribution in [0, 0.1) is 0 Å². The molecule has 1 aromatic rings. The maximum Gasteiger partial charge on any atom is 0.238 e. The Bertz CT molecular complexity index is 314. The summed E-state index contributed by atoms with van der Waals surface area (Å²) < 4.78 is 5.64. The van der Waals surface area contributed by atoms with Gasteiger partial charge in [-0.05, 0) is 23.7 Å². The van der Waals surface area contributed by atoms with Crippen LogP contribution in [0.3, 0.4) is 0 Å². The lowest BCUT2D eigenvalue weighted by atomic mass is 10.2. The van der Waals surface area contributed by atoms with Gasteiger partial charge in [-0.2, -0.15) is 0 Å². The number of benzene rings is 1. The average molecular weight is 238 g/mol. The van der Waals surface area contributed by atoms with Crippen molar-refractivity contribution in [3.05, 3.63) is 35.9 Å². The molecule has 0 aliphatic carbocycles. The predicted octanol–water partition coefficient (Wildman–Crippen LogP) is 4.14. The second kappa shape index (κ2) is 5.12. The highest BCUT2D eigenvalue weighted by Gasteiger charge is 2.38. The zero-order valence-corrected chi connectivity index (χ0v) is 11.9. The lowest BCUT2D eigenvalue weighted by Gasteiger charge is -2.34. The molecule has 0 aliphatic heterocycles. The van der Waals surface area contributed by atoms with Crippen molar-refractivity contribution < 1.29 is 9.46 Å². The van der Waals surface area contributed by atoms with Crippen molar-refractivity contribution in [3.8, 4) is 0 Å². The smallest absolute Gasteiger partial charge is 0.238 e. The first-order valence-electron chi connectivity index (χ1n) is 5.67. The Balaban J connectivity index is 2.42. The van der Waals surface area contributed by atoms with Gasteiger partial charge in [-0.15, -0.1) is 0 Å². The van der Waals surface area contributed by atoms with Gasteiger partial charge in [0.15, 0.2) is 0 Å². The molecule has 0 unspecified atom stereocenters. The first kappa shape index (κ1) is 13.4. The molecule has 0 saturated carbocycles. The van der Waals surface area contributed by atoms with Crippen LogP contribution in [0.15, 0.2) is 30.3 Å². The van der Waals surface area contributed by atoms with Crippen molar-refractivity contribution in [2.75, 3.05) is 0 Å². The molecular formula is C13H22O2Si. The fourth-order valence-electron chi connectivity index (χ4n) is 0.944. The predicted molar refractivity (Wildman–Crippen MR) is 69.5 cm³/mol. The number of hydrogen-bond donors (Lipinski definition) is 0. The standard InChI is InChI=1S/C13H22O2Si/c1-13(2,3)16(4,5)15-14-11-12-9-7-6-8-10-12/h6-10H,11H2,1-5H3. The zero-order valence-electron chi connectivity index (χ0n) is 10.9. The maximum absolute atomic E-state index is 5.64. The van der Waals surface area contributed by atoms with E-state index in [-0.39, 0.29) is 5.04 Å². The van der Waals surface area contributed by atoms with Crippen LogP contribution in [0.4, 0.5) is 0 Å². The highest BCUT2D eigenvalue weighted by atomic mass is 28.4. The van der Waals surface area contributed by atoms with Gasteiger partial charge in [-0.1, -0.05) is 51.1 Å². The largest absolute Gasteiger partial charge is 0.286 e. The van der Waals surface area contributed by atoms with Gasteiger partial charge < -0.3 is 0 Å². The van der Waals surface area contributed by atoms with Crippen molar-refractivity contribution in [2.45, 2.75) is 45.5 Å². The van der Waals surface area contributed by atoms with Crippen LogP contribution in [0.1, 0.15) is 26.3 Å². The van der Waals surface area contributed by atoms with Crippen molar-refractivity contribution in [1.29, 1.82) is 0 Å². The van der Waals surface area contributed by atoms with Crippen LogP contribution >= 0.6 is 0 Å². The van der Waals surface area contributed by atoms with Gasteiger partial charge in [-0.3, -0.25) is 4.58 Å². The molecule has 0 atom stereocenters. The van der Waals surface area contributed by atoms with Crippen LogP contribution in [0.5, 0.6) is 0 Å². The van der Waals surface area contributed by atoms with E-state index in [0.717, 1.165) is 5.56 Å². The minimum absolute atomic E-state index is 0.184. The third-order valence-electron chi connectivity index (χ3n) is 3.14. The Kier molecular flexibility index (Phi) is 4.30. The van der Waals surface area contributed by atoms with E-state index in [2.05, 4.69) is 33.9 Å². The van der Waals surface area contributed by atoms with Crippen LogP contribution < -0.4 is 0 Å². The topological polar surface area (TPSA) is 18.5 Å². The molecule has 0 aliphatic rings. The average Bonchev–Trinajstić information content (AvgIpc) is 2.17. The molecule has 90 valence electrons. The summed E-state index contributed by atoms with van der Waals surface area (Å²) in [7, 11) is -1.78. The summed E-state index contributed by atoms with van der Waals surface area (Å²) in [5.41, 5.74) is 1.14. The number of hydrogen-bond acceptors (Lipinski definition) is 2. The molecule has 0 spiro atoms. The summed E-state index contributed by atoms with van der Waals surface area (Å²) in [6.07, 6.45) is 0. The molecule has 0 aromatic heterocycles. The molecule has 0 amide bonds. The van der Waals surface area contributed by atoms with E-state index >= 15 is 0 Å². The van der Waals surface area contributed by atoms with Gasteiger partial charge in [0.2, 0.25) is 8.32 Å². The monoisotopic (exact) mass is 238 g/mol. The van der Waals surface area contributed by atoms with E-state index < -0.39 is 8.32 Å². The Morgan fingerprint density at radius 3 is 2.12 bits per heavy atom.